The summed E-state index contributed by atoms with van der Waals surface area (Å²) >= 11 is 0. The van der Waals surface area contributed by atoms with Crippen LogP contribution >= 0.6 is 0 Å². The minimum Gasteiger partial charge on any atom is -0.493 e. The number of carbonyl (C=O) groups excluding carboxylic acids is 1. The third kappa shape index (κ3) is 7.01. The highest BCUT2D eigenvalue weighted by atomic mass is 32.2. The van der Waals surface area contributed by atoms with Gasteiger partial charge in [0.15, 0.2) is 11.5 Å². The number of hydrazone groups is 1. The van der Waals surface area contributed by atoms with Gasteiger partial charge in [-0.05, 0) is 62.2 Å². The standard InChI is InChI=1S/C26H34N4O7S/c1-3-36-25-19-21(8-11-24(25)35-2)23-5-4-12-30(27-23)26(31)20-6-9-22(10-7-20)37-18-17-28-13-15-29(16-14-28)38(32,33)34/h6-11,19H,3-5,12-18H2,1-2H3,(H,32,33,34). The number of nitrogens with zero attached hydrogens (tertiary/aromatic N) is 4. The van der Waals surface area contributed by atoms with Gasteiger partial charge in [0.05, 0.1) is 19.4 Å². The molecule has 1 saturated heterocycles. The number of rotatable bonds is 10. The molecule has 0 spiro atoms. The second-order valence-electron chi connectivity index (χ2n) is 8.97. The number of carbonyl (C=O) groups is 1. The van der Waals surface area contributed by atoms with Crippen LogP contribution in [-0.4, -0.2) is 98.4 Å². The minimum atomic E-state index is -4.13. The molecule has 1 N–H and O–H groups in total. The van der Waals surface area contributed by atoms with E-state index >= 15 is 0 Å². The summed E-state index contributed by atoms with van der Waals surface area (Å²) in [6, 6.07) is 12.7. The molecule has 0 radical (unpaired) electrons. The average Bonchev–Trinajstić information content (AvgIpc) is 2.93. The molecule has 2 aromatic rings. The molecule has 2 aromatic carbocycles. The summed E-state index contributed by atoms with van der Waals surface area (Å²) in [6.45, 7) is 5.58. The van der Waals surface area contributed by atoms with E-state index in [1.54, 1.807) is 31.4 Å². The molecule has 0 saturated carbocycles. The van der Waals surface area contributed by atoms with Crippen LogP contribution in [0.4, 0.5) is 0 Å². The molecule has 0 aromatic heterocycles. The number of piperazine rings is 1. The van der Waals surface area contributed by atoms with Crippen molar-refractivity contribution in [3.05, 3.63) is 53.6 Å². The van der Waals surface area contributed by atoms with Crippen LogP contribution in [0.3, 0.4) is 0 Å². The van der Waals surface area contributed by atoms with Crippen LogP contribution in [0.15, 0.2) is 47.6 Å². The predicted octanol–water partition coefficient (Wildman–Crippen LogP) is 2.53. The topological polar surface area (TPSA) is 121 Å². The number of amides is 1. The molecule has 4 rings (SSSR count). The van der Waals surface area contributed by atoms with Gasteiger partial charge in [-0.15, -0.1) is 0 Å². The van der Waals surface area contributed by atoms with Crippen LogP contribution in [0.25, 0.3) is 0 Å². The Morgan fingerprint density at radius 2 is 1.74 bits per heavy atom. The second kappa shape index (κ2) is 12.6. The van der Waals surface area contributed by atoms with Gasteiger partial charge >= 0.3 is 10.3 Å². The first-order valence-corrected chi connectivity index (χ1v) is 14.1. The molecule has 11 nitrogen and oxygen atoms in total. The zero-order valence-electron chi connectivity index (χ0n) is 21.7. The second-order valence-corrected chi connectivity index (χ2v) is 10.4. The van der Waals surface area contributed by atoms with E-state index in [-0.39, 0.29) is 19.0 Å². The van der Waals surface area contributed by atoms with Crippen molar-refractivity contribution in [2.24, 2.45) is 5.10 Å². The van der Waals surface area contributed by atoms with Crippen LogP contribution in [-0.2, 0) is 10.3 Å². The summed E-state index contributed by atoms with van der Waals surface area (Å²) in [4.78, 5) is 15.2. The van der Waals surface area contributed by atoms with E-state index in [0.29, 0.717) is 62.2 Å². The van der Waals surface area contributed by atoms with Crippen LogP contribution < -0.4 is 14.2 Å². The van der Waals surface area contributed by atoms with Crippen molar-refractivity contribution in [1.29, 1.82) is 0 Å². The van der Waals surface area contributed by atoms with Crippen molar-refractivity contribution in [3.8, 4) is 17.2 Å². The normalized spacial score (nSPS) is 17.1. The third-order valence-electron chi connectivity index (χ3n) is 6.49. The molecule has 12 heteroatoms. The van der Waals surface area contributed by atoms with Gasteiger partial charge in [0, 0.05) is 50.4 Å². The number of methoxy groups -OCH3 is 1. The van der Waals surface area contributed by atoms with Crippen molar-refractivity contribution in [2.75, 3.05) is 59.6 Å². The smallest absolute Gasteiger partial charge is 0.335 e. The summed E-state index contributed by atoms with van der Waals surface area (Å²) in [5.41, 5.74) is 2.24. The number of hydrogen-bond acceptors (Lipinski definition) is 8. The third-order valence-corrected chi connectivity index (χ3v) is 7.51. The highest BCUT2D eigenvalue weighted by Gasteiger charge is 2.25. The van der Waals surface area contributed by atoms with Crippen LogP contribution in [0.2, 0.25) is 0 Å². The molecule has 0 bridgehead atoms. The SMILES string of the molecule is CCOc1cc(C2=NN(C(=O)c3ccc(OCCN4CCN(S(=O)(=O)O)CC4)cc3)CCC2)ccc1OC. The number of hydrogen-bond donors (Lipinski definition) is 1. The lowest BCUT2D eigenvalue weighted by Crippen LogP contribution is -2.49. The first kappa shape index (κ1) is 27.8. The van der Waals surface area contributed by atoms with E-state index in [9.17, 15) is 13.2 Å². The molecule has 0 unspecified atom stereocenters. The highest BCUT2D eigenvalue weighted by molar-refractivity contribution is 7.83. The fraction of sp³-hybridized carbons (Fsp3) is 0.462. The van der Waals surface area contributed by atoms with Crippen molar-refractivity contribution in [1.82, 2.24) is 14.2 Å². The van der Waals surface area contributed by atoms with Crippen molar-refractivity contribution >= 4 is 21.9 Å². The van der Waals surface area contributed by atoms with Gasteiger partial charge in [-0.25, -0.2) is 5.01 Å². The lowest BCUT2D eigenvalue weighted by Gasteiger charge is -2.32. The van der Waals surface area contributed by atoms with E-state index in [1.807, 2.05) is 25.1 Å². The van der Waals surface area contributed by atoms with E-state index < -0.39 is 10.3 Å². The van der Waals surface area contributed by atoms with E-state index in [1.165, 1.54) is 5.01 Å². The van der Waals surface area contributed by atoms with E-state index in [2.05, 4.69) is 10.0 Å². The summed E-state index contributed by atoms with van der Waals surface area (Å²) in [5, 5.41) is 6.15. The molecular weight excluding hydrogens is 512 g/mol. The Bertz CT molecular complexity index is 1240. The van der Waals surface area contributed by atoms with Crippen LogP contribution in [0.5, 0.6) is 17.2 Å². The first-order chi connectivity index (χ1) is 18.3. The molecule has 0 atom stereocenters. The Morgan fingerprint density at radius 3 is 2.39 bits per heavy atom. The molecule has 206 valence electrons. The molecule has 2 aliphatic rings. The maximum Gasteiger partial charge on any atom is 0.335 e. The summed E-state index contributed by atoms with van der Waals surface area (Å²) < 4.78 is 49.4. The van der Waals surface area contributed by atoms with Crippen molar-refractivity contribution < 1.29 is 32.0 Å². The number of benzene rings is 2. The zero-order chi connectivity index (χ0) is 27.1. The fourth-order valence-corrected chi connectivity index (χ4v) is 5.06. The minimum absolute atomic E-state index is 0.177. The lowest BCUT2D eigenvalue weighted by atomic mass is 10.0. The predicted molar refractivity (Wildman–Crippen MR) is 142 cm³/mol. The van der Waals surface area contributed by atoms with Crippen LogP contribution in [0, 0.1) is 0 Å². The Morgan fingerprint density at radius 1 is 1.00 bits per heavy atom. The summed E-state index contributed by atoms with van der Waals surface area (Å²) in [5.74, 6) is 1.77. The lowest BCUT2D eigenvalue weighted by molar-refractivity contribution is 0.0751. The van der Waals surface area contributed by atoms with Gasteiger partial charge in [-0.2, -0.15) is 17.8 Å². The Kier molecular flexibility index (Phi) is 9.21. The molecule has 2 aliphatic heterocycles. The van der Waals surface area contributed by atoms with E-state index in [4.69, 9.17) is 18.8 Å². The van der Waals surface area contributed by atoms with Crippen LogP contribution in [0.1, 0.15) is 35.7 Å². The van der Waals surface area contributed by atoms with Gasteiger partial charge in [-0.1, -0.05) is 0 Å². The molecule has 38 heavy (non-hydrogen) atoms. The molecule has 1 amide bonds. The summed E-state index contributed by atoms with van der Waals surface area (Å²) in [7, 11) is -2.53. The maximum absolute atomic E-state index is 13.1. The molecular formula is C26H34N4O7S. The Balaban J connectivity index is 1.32. The molecule has 2 heterocycles. The fourth-order valence-electron chi connectivity index (χ4n) is 4.43. The Labute approximate surface area is 223 Å². The first-order valence-electron chi connectivity index (χ1n) is 12.7. The zero-order valence-corrected chi connectivity index (χ0v) is 22.5. The van der Waals surface area contributed by atoms with Gasteiger partial charge < -0.3 is 14.2 Å². The maximum atomic E-state index is 13.1. The van der Waals surface area contributed by atoms with Crippen molar-refractivity contribution in [2.45, 2.75) is 19.8 Å². The van der Waals surface area contributed by atoms with Gasteiger partial charge in [-0.3, -0.25) is 14.2 Å². The van der Waals surface area contributed by atoms with E-state index in [0.717, 1.165) is 28.4 Å². The largest absolute Gasteiger partial charge is 0.493 e. The monoisotopic (exact) mass is 546 g/mol. The van der Waals surface area contributed by atoms with Gasteiger partial charge in [0.2, 0.25) is 0 Å². The van der Waals surface area contributed by atoms with Crippen molar-refractivity contribution in [3.63, 3.8) is 0 Å². The average molecular weight is 547 g/mol. The Hall–Kier alpha value is -3.19. The summed E-state index contributed by atoms with van der Waals surface area (Å²) in [6.07, 6.45) is 1.57. The van der Waals surface area contributed by atoms with Gasteiger partial charge in [0.1, 0.15) is 12.4 Å². The quantitative estimate of drug-likeness (QED) is 0.452. The molecule has 0 aliphatic carbocycles. The number of ether oxygens (including phenoxy) is 3. The highest BCUT2D eigenvalue weighted by Crippen LogP contribution is 2.29. The van der Waals surface area contributed by atoms with Gasteiger partial charge in [0.25, 0.3) is 5.91 Å². The molecule has 1 fully saturated rings.